The number of carbonyl (C=O) groups is 2. The van der Waals surface area contributed by atoms with Crippen molar-refractivity contribution in [1.82, 2.24) is 0 Å². The van der Waals surface area contributed by atoms with Gasteiger partial charge in [-0.15, -0.1) is 0 Å². The Morgan fingerprint density at radius 3 is 1.11 bits per heavy atom. The van der Waals surface area contributed by atoms with Crippen molar-refractivity contribution in [2.75, 3.05) is 13.2 Å². The summed E-state index contributed by atoms with van der Waals surface area (Å²) in [6.07, 6.45) is 46.8. The van der Waals surface area contributed by atoms with Crippen molar-refractivity contribution >= 4 is 19.8 Å². The first-order valence-electron chi connectivity index (χ1n) is 24.7. The average Bonchev–Trinajstić information content (AvgIpc) is 3.18. The summed E-state index contributed by atoms with van der Waals surface area (Å²) >= 11 is 0. The Labute approximate surface area is 353 Å². The Balaban J connectivity index is 3.77. The average molecular weight is 831 g/mol. The lowest BCUT2D eigenvalue weighted by molar-refractivity contribution is -0.161. The van der Waals surface area contributed by atoms with Crippen LogP contribution in [0.2, 0.25) is 0 Å². The molecule has 0 spiro atoms. The molecule has 0 aromatic rings. The number of ether oxygens (including phenoxy) is 2. The van der Waals surface area contributed by atoms with Gasteiger partial charge in [0.15, 0.2) is 6.10 Å². The minimum absolute atomic E-state index is 0.220. The molecule has 0 aromatic heterocycles. The summed E-state index contributed by atoms with van der Waals surface area (Å²) in [6, 6.07) is 0. The summed E-state index contributed by atoms with van der Waals surface area (Å²) in [5.41, 5.74) is 0. The molecule has 2 atom stereocenters. The van der Waals surface area contributed by atoms with Gasteiger partial charge in [0.1, 0.15) is 6.61 Å². The number of phosphoric ester groups is 1. The van der Waals surface area contributed by atoms with E-state index in [2.05, 4.69) is 25.3 Å². The fraction of sp³-hybridized carbons (Fsp3) is 0.958. The van der Waals surface area contributed by atoms with Crippen molar-refractivity contribution in [2.24, 2.45) is 5.92 Å². The lowest BCUT2D eigenvalue weighted by atomic mass is 9.99. The Morgan fingerprint density at radius 2 is 0.772 bits per heavy atom. The van der Waals surface area contributed by atoms with Gasteiger partial charge in [-0.1, -0.05) is 245 Å². The van der Waals surface area contributed by atoms with Gasteiger partial charge in [-0.3, -0.25) is 14.1 Å². The number of rotatable bonds is 46. The van der Waals surface area contributed by atoms with E-state index in [-0.39, 0.29) is 19.4 Å². The number of hydrogen-bond acceptors (Lipinski definition) is 6. The van der Waals surface area contributed by atoms with Crippen LogP contribution in [0.4, 0.5) is 0 Å². The molecule has 0 aliphatic rings. The van der Waals surface area contributed by atoms with Crippen LogP contribution in [0.25, 0.3) is 0 Å². The number of esters is 2. The molecule has 9 heteroatoms. The fourth-order valence-electron chi connectivity index (χ4n) is 7.59. The molecule has 57 heavy (non-hydrogen) atoms. The first kappa shape index (κ1) is 56.0. The lowest BCUT2D eigenvalue weighted by Crippen LogP contribution is -2.29. The van der Waals surface area contributed by atoms with Gasteiger partial charge < -0.3 is 19.3 Å². The van der Waals surface area contributed by atoms with Gasteiger partial charge in [-0.05, 0) is 18.8 Å². The zero-order chi connectivity index (χ0) is 41.9. The molecule has 0 rings (SSSR count). The third-order valence-electron chi connectivity index (χ3n) is 11.7. The summed E-state index contributed by atoms with van der Waals surface area (Å²) < 4.78 is 26.5. The molecule has 0 aliphatic heterocycles. The van der Waals surface area contributed by atoms with Gasteiger partial charge >= 0.3 is 19.8 Å². The number of unbranched alkanes of at least 4 members (excludes halogenated alkanes) is 33. The SMILES string of the molecule is CCCCCCCCCCCCCCCCCCCC(=O)O[C@H](COC(=O)CCCCCCCCCCCCCCCCCCCCC(C)CC)COP(=O)(O)O. The highest BCUT2D eigenvalue weighted by Gasteiger charge is 2.23. The van der Waals surface area contributed by atoms with E-state index in [1.165, 1.54) is 199 Å². The predicted molar refractivity (Wildman–Crippen MR) is 239 cm³/mol. The second kappa shape index (κ2) is 43.1. The molecule has 0 fully saturated rings. The highest BCUT2D eigenvalue weighted by atomic mass is 31.2. The standard InChI is InChI=1S/C48H95O8P/c1-4-6-7-8-9-10-11-12-13-16-21-24-27-30-33-36-39-42-48(50)56-46(44-55-57(51,52)53)43-54-47(49)41-38-35-32-29-26-23-20-18-15-14-17-19-22-25-28-31-34-37-40-45(3)5-2/h45-46H,4-44H2,1-3H3,(H2,51,52,53)/t45?,46-/m1/s1. The Hall–Kier alpha value is -0.950. The molecular formula is C48H95O8P. The normalized spacial score (nSPS) is 12.9. The van der Waals surface area contributed by atoms with Crippen molar-refractivity contribution in [3.8, 4) is 0 Å². The second-order valence-corrected chi connectivity index (χ2v) is 18.6. The van der Waals surface area contributed by atoms with Crippen LogP contribution < -0.4 is 0 Å². The van der Waals surface area contributed by atoms with Crippen LogP contribution in [0.3, 0.4) is 0 Å². The molecule has 0 saturated carbocycles. The van der Waals surface area contributed by atoms with Crippen molar-refractivity contribution in [2.45, 2.75) is 277 Å². The van der Waals surface area contributed by atoms with E-state index in [4.69, 9.17) is 19.3 Å². The maximum absolute atomic E-state index is 12.5. The molecule has 0 heterocycles. The van der Waals surface area contributed by atoms with Gasteiger partial charge in [0.05, 0.1) is 6.61 Å². The molecule has 0 aliphatic carbocycles. The van der Waals surface area contributed by atoms with E-state index < -0.39 is 32.5 Å². The van der Waals surface area contributed by atoms with Crippen molar-refractivity contribution < 1.29 is 37.9 Å². The van der Waals surface area contributed by atoms with Crippen LogP contribution in [0.1, 0.15) is 271 Å². The maximum Gasteiger partial charge on any atom is 0.469 e. The summed E-state index contributed by atoms with van der Waals surface area (Å²) in [7, 11) is -4.75. The number of carbonyl (C=O) groups excluding carboxylic acids is 2. The number of hydrogen-bond donors (Lipinski definition) is 2. The zero-order valence-electron chi connectivity index (χ0n) is 37.9. The van der Waals surface area contributed by atoms with Gasteiger partial charge in [0.25, 0.3) is 0 Å². The van der Waals surface area contributed by atoms with Gasteiger partial charge in [-0.2, -0.15) is 0 Å². The molecule has 2 N–H and O–H groups in total. The molecule has 8 nitrogen and oxygen atoms in total. The van der Waals surface area contributed by atoms with Crippen molar-refractivity contribution in [1.29, 1.82) is 0 Å². The highest BCUT2D eigenvalue weighted by Crippen LogP contribution is 2.36. The topological polar surface area (TPSA) is 119 Å². The minimum atomic E-state index is -4.75. The Kier molecular flexibility index (Phi) is 42.4. The highest BCUT2D eigenvalue weighted by molar-refractivity contribution is 7.46. The van der Waals surface area contributed by atoms with Gasteiger partial charge in [0.2, 0.25) is 0 Å². The van der Waals surface area contributed by atoms with E-state index in [0.717, 1.165) is 38.0 Å². The molecule has 0 aromatic carbocycles. The first-order chi connectivity index (χ1) is 27.7. The largest absolute Gasteiger partial charge is 0.469 e. The molecule has 0 saturated heterocycles. The van der Waals surface area contributed by atoms with E-state index in [0.29, 0.717) is 6.42 Å². The summed E-state index contributed by atoms with van der Waals surface area (Å²) in [6.45, 7) is 6.14. The van der Waals surface area contributed by atoms with Crippen LogP contribution in [-0.4, -0.2) is 41.0 Å². The third kappa shape index (κ3) is 46.0. The Morgan fingerprint density at radius 1 is 0.456 bits per heavy atom. The quantitative estimate of drug-likeness (QED) is 0.0354. The van der Waals surface area contributed by atoms with Crippen LogP contribution >= 0.6 is 7.82 Å². The monoisotopic (exact) mass is 831 g/mol. The van der Waals surface area contributed by atoms with Crippen LogP contribution in [0.5, 0.6) is 0 Å². The Bertz CT molecular complexity index is 909. The van der Waals surface area contributed by atoms with E-state index >= 15 is 0 Å². The van der Waals surface area contributed by atoms with Crippen LogP contribution in [0, 0.1) is 5.92 Å². The van der Waals surface area contributed by atoms with Gasteiger partial charge in [0, 0.05) is 12.8 Å². The summed E-state index contributed by atoms with van der Waals surface area (Å²) in [4.78, 5) is 43.0. The molecule has 0 bridgehead atoms. The molecule has 0 amide bonds. The smallest absolute Gasteiger partial charge is 0.462 e. The third-order valence-corrected chi connectivity index (χ3v) is 12.2. The number of phosphoric acid groups is 1. The van der Waals surface area contributed by atoms with Crippen LogP contribution in [0.15, 0.2) is 0 Å². The predicted octanol–water partition coefficient (Wildman–Crippen LogP) is 15.4. The van der Waals surface area contributed by atoms with Crippen molar-refractivity contribution in [3.63, 3.8) is 0 Å². The van der Waals surface area contributed by atoms with E-state index in [1.54, 1.807) is 0 Å². The first-order valence-corrected chi connectivity index (χ1v) is 26.3. The zero-order valence-corrected chi connectivity index (χ0v) is 38.8. The molecule has 340 valence electrons. The van der Waals surface area contributed by atoms with E-state index in [9.17, 15) is 14.2 Å². The fourth-order valence-corrected chi connectivity index (χ4v) is 7.95. The lowest BCUT2D eigenvalue weighted by Gasteiger charge is -2.18. The second-order valence-electron chi connectivity index (χ2n) is 17.4. The molecule has 1 unspecified atom stereocenters. The minimum Gasteiger partial charge on any atom is -0.462 e. The molecular weight excluding hydrogens is 735 g/mol. The van der Waals surface area contributed by atoms with Gasteiger partial charge in [-0.25, -0.2) is 4.57 Å². The maximum atomic E-state index is 12.5. The van der Waals surface area contributed by atoms with Crippen LogP contribution in [-0.2, 0) is 28.2 Å². The van der Waals surface area contributed by atoms with E-state index in [1.807, 2.05) is 0 Å². The molecule has 0 radical (unpaired) electrons. The summed E-state index contributed by atoms with van der Waals surface area (Å²) in [5, 5.41) is 0. The summed E-state index contributed by atoms with van der Waals surface area (Å²) in [5.74, 6) is 0.0388. The van der Waals surface area contributed by atoms with Crippen molar-refractivity contribution in [3.05, 3.63) is 0 Å².